The van der Waals surface area contributed by atoms with Crippen LogP contribution in [-0.4, -0.2) is 26.8 Å². The summed E-state index contributed by atoms with van der Waals surface area (Å²) in [6.07, 6.45) is 2.61. The van der Waals surface area contributed by atoms with Gasteiger partial charge in [0.15, 0.2) is 0 Å². The maximum absolute atomic E-state index is 12.3. The van der Waals surface area contributed by atoms with Gasteiger partial charge in [0.1, 0.15) is 6.33 Å². The molecule has 0 aliphatic carbocycles. The van der Waals surface area contributed by atoms with Crippen molar-refractivity contribution in [3.05, 3.63) is 52.7 Å². The van der Waals surface area contributed by atoms with Crippen molar-refractivity contribution in [3.63, 3.8) is 0 Å². The van der Waals surface area contributed by atoms with E-state index in [0.29, 0.717) is 19.5 Å². The molecule has 104 valence electrons. The van der Waals surface area contributed by atoms with Crippen LogP contribution in [-0.2, 0) is 11.3 Å². The van der Waals surface area contributed by atoms with Gasteiger partial charge in [-0.3, -0.25) is 9.36 Å². The number of carbonyl (C=O) groups is 1. The van der Waals surface area contributed by atoms with Crippen molar-refractivity contribution in [2.75, 3.05) is 6.54 Å². The van der Waals surface area contributed by atoms with Crippen LogP contribution in [0.3, 0.4) is 0 Å². The Balaban J connectivity index is 1.82. The number of nitrogens with zero attached hydrogens (tertiary/aromatic N) is 3. The van der Waals surface area contributed by atoms with E-state index in [1.54, 1.807) is 10.9 Å². The second-order valence-electron chi connectivity index (χ2n) is 4.97. The first-order valence-corrected chi connectivity index (χ1v) is 6.68. The van der Waals surface area contributed by atoms with Gasteiger partial charge < -0.3 is 5.32 Å². The average Bonchev–Trinajstić information content (AvgIpc) is 2.81. The van der Waals surface area contributed by atoms with Gasteiger partial charge >= 0.3 is 5.69 Å². The van der Waals surface area contributed by atoms with Crippen molar-refractivity contribution in [3.8, 4) is 0 Å². The second kappa shape index (κ2) is 5.32. The minimum atomic E-state index is -0.159. The molecule has 0 bridgehead atoms. The van der Waals surface area contributed by atoms with Gasteiger partial charge in [0, 0.05) is 13.0 Å². The predicted octanol–water partition coefficient (Wildman–Crippen LogP) is 0.544. The topological polar surface area (TPSA) is 68.9 Å². The van der Waals surface area contributed by atoms with Crippen molar-refractivity contribution < 1.29 is 4.79 Å². The molecule has 3 rings (SSSR count). The first kappa shape index (κ1) is 12.7. The number of aromatic nitrogens is 3. The molecule has 1 aromatic heterocycles. The van der Waals surface area contributed by atoms with Crippen LogP contribution in [0.15, 0.2) is 41.5 Å². The van der Waals surface area contributed by atoms with E-state index >= 15 is 0 Å². The molecule has 0 spiro atoms. The van der Waals surface area contributed by atoms with E-state index in [1.165, 1.54) is 4.68 Å². The maximum atomic E-state index is 12.3. The monoisotopic (exact) mass is 272 g/mol. The Morgan fingerprint density at radius 3 is 2.80 bits per heavy atom. The van der Waals surface area contributed by atoms with Crippen molar-refractivity contribution in [2.24, 2.45) is 0 Å². The van der Waals surface area contributed by atoms with Crippen LogP contribution in [0.2, 0.25) is 0 Å². The average molecular weight is 272 g/mol. The summed E-state index contributed by atoms with van der Waals surface area (Å²) in [6.45, 7) is 1.10. The maximum Gasteiger partial charge on any atom is 0.346 e. The lowest BCUT2D eigenvalue weighted by atomic mass is 10.1. The van der Waals surface area contributed by atoms with Crippen LogP contribution in [0.1, 0.15) is 24.4 Å². The number of rotatable bonds is 3. The first-order valence-electron chi connectivity index (χ1n) is 6.68. The number of piperidine rings is 1. The molecule has 1 unspecified atom stereocenters. The molecule has 1 saturated heterocycles. The summed E-state index contributed by atoms with van der Waals surface area (Å²) >= 11 is 0. The number of nitrogens with one attached hydrogen (secondary N) is 1. The molecule has 6 heteroatoms. The van der Waals surface area contributed by atoms with Crippen LogP contribution < -0.4 is 11.0 Å². The van der Waals surface area contributed by atoms with Crippen molar-refractivity contribution in [1.82, 2.24) is 19.7 Å². The van der Waals surface area contributed by atoms with E-state index in [2.05, 4.69) is 10.4 Å². The molecule has 20 heavy (non-hydrogen) atoms. The Morgan fingerprint density at radius 1 is 1.25 bits per heavy atom. The Labute approximate surface area is 116 Å². The first-order chi connectivity index (χ1) is 9.74. The molecule has 1 aliphatic rings. The number of amides is 1. The summed E-state index contributed by atoms with van der Waals surface area (Å²) < 4.78 is 3.00. The number of hydrogen-bond donors (Lipinski definition) is 1. The minimum absolute atomic E-state index is 0.0224. The number of carbonyl (C=O) groups excluding carboxylic acids is 1. The lowest BCUT2D eigenvalue weighted by molar-refractivity contribution is -0.123. The largest absolute Gasteiger partial charge is 0.356 e. The highest BCUT2D eigenvalue weighted by Crippen LogP contribution is 2.15. The molecule has 0 saturated carbocycles. The molecule has 1 N–H and O–H groups in total. The predicted molar refractivity (Wildman–Crippen MR) is 73.3 cm³/mol. The standard InChI is InChI=1S/C14H16N4O2/c19-13-8-12(6-7-15-13)18-14(20)17(10-16-18)9-11-4-2-1-3-5-11/h1-5,10,12H,6-9H2,(H,15,19). The third-order valence-corrected chi connectivity index (χ3v) is 3.52. The molecule has 1 amide bonds. The van der Waals surface area contributed by atoms with Gasteiger partial charge in [-0.15, -0.1) is 0 Å². The third-order valence-electron chi connectivity index (χ3n) is 3.52. The summed E-state index contributed by atoms with van der Waals surface area (Å²) in [5.74, 6) is -0.0224. The van der Waals surface area contributed by atoms with Crippen molar-refractivity contribution >= 4 is 5.91 Å². The zero-order valence-electron chi connectivity index (χ0n) is 11.0. The lowest BCUT2D eigenvalue weighted by Gasteiger charge is -2.21. The Bertz CT molecular complexity index is 659. The molecule has 0 radical (unpaired) electrons. The van der Waals surface area contributed by atoms with Crippen LogP contribution in [0.5, 0.6) is 0 Å². The van der Waals surface area contributed by atoms with Gasteiger partial charge in [-0.1, -0.05) is 30.3 Å². The molecule has 1 atom stereocenters. The van der Waals surface area contributed by atoms with Crippen molar-refractivity contribution in [2.45, 2.75) is 25.4 Å². The number of hydrogen-bond acceptors (Lipinski definition) is 3. The highest BCUT2D eigenvalue weighted by atomic mass is 16.2. The fourth-order valence-corrected chi connectivity index (χ4v) is 2.46. The van der Waals surface area contributed by atoms with Gasteiger partial charge in [0.25, 0.3) is 0 Å². The van der Waals surface area contributed by atoms with Gasteiger partial charge in [-0.05, 0) is 12.0 Å². The third kappa shape index (κ3) is 2.49. The zero-order valence-corrected chi connectivity index (χ0v) is 11.0. The van der Waals surface area contributed by atoms with Gasteiger partial charge in [-0.25, -0.2) is 9.48 Å². The molecule has 1 aromatic carbocycles. The number of benzene rings is 1. The normalized spacial score (nSPS) is 18.8. The van der Waals surface area contributed by atoms with Crippen LogP contribution >= 0.6 is 0 Å². The van der Waals surface area contributed by atoms with E-state index in [0.717, 1.165) is 12.0 Å². The van der Waals surface area contributed by atoms with Crippen LogP contribution in [0.25, 0.3) is 0 Å². The molecule has 2 heterocycles. The molecule has 6 nitrogen and oxygen atoms in total. The van der Waals surface area contributed by atoms with Crippen molar-refractivity contribution in [1.29, 1.82) is 0 Å². The van der Waals surface area contributed by atoms with E-state index in [9.17, 15) is 9.59 Å². The lowest BCUT2D eigenvalue weighted by Crippen LogP contribution is -2.38. The Morgan fingerprint density at radius 2 is 2.05 bits per heavy atom. The molecule has 2 aromatic rings. The molecular formula is C14H16N4O2. The highest BCUT2D eigenvalue weighted by Gasteiger charge is 2.23. The van der Waals surface area contributed by atoms with Gasteiger partial charge in [0.05, 0.1) is 12.6 Å². The highest BCUT2D eigenvalue weighted by molar-refractivity contribution is 5.77. The smallest absolute Gasteiger partial charge is 0.346 e. The molecule has 1 aliphatic heterocycles. The summed E-state index contributed by atoms with van der Waals surface area (Å²) in [4.78, 5) is 23.7. The summed E-state index contributed by atoms with van der Waals surface area (Å²) in [6, 6.07) is 9.63. The minimum Gasteiger partial charge on any atom is -0.356 e. The Hall–Kier alpha value is -2.37. The fourth-order valence-electron chi connectivity index (χ4n) is 2.46. The summed E-state index contributed by atoms with van der Waals surface area (Å²) in [5, 5.41) is 6.92. The van der Waals surface area contributed by atoms with Crippen LogP contribution in [0, 0.1) is 0 Å². The quantitative estimate of drug-likeness (QED) is 0.887. The van der Waals surface area contributed by atoms with Gasteiger partial charge in [-0.2, -0.15) is 5.10 Å². The fraction of sp³-hybridized carbons (Fsp3) is 0.357. The molecular weight excluding hydrogens is 256 g/mol. The van der Waals surface area contributed by atoms with Gasteiger partial charge in [0.2, 0.25) is 5.91 Å². The van der Waals surface area contributed by atoms with E-state index in [1.807, 2.05) is 30.3 Å². The molecule has 1 fully saturated rings. The van der Waals surface area contributed by atoms with Crippen LogP contribution in [0.4, 0.5) is 0 Å². The Kier molecular flexibility index (Phi) is 3.37. The summed E-state index contributed by atoms with van der Waals surface area (Å²) in [5.41, 5.74) is 0.893. The zero-order chi connectivity index (χ0) is 13.9. The van der Waals surface area contributed by atoms with E-state index in [-0.39, 0.29) is 17.6 Å². The summed E-state index contributed by atoms with van der Waals surface area (Å²) in [7, 11) is 0. The van der Waals surface area contributed by atoms with E-state index in [4.69, 9.17) is 0 Å². The SMILES string of the molecule is O=C1CC(n2ncn(Cc3ccccc3)c2=O)CCN1. The van der Waals surface area contributed by atoms with E-state index < -0.39 is 0 Å². The second-order valence-corrected chi connectivity index (χ2v) is 4.97.